The third kappa shape index (κ3) is 10.2. The Morgan fingerprint density at radius 3 is 1.56 bits per heavy atom. The number of alkyl carbamates (subject to hydrolysis) is 1. The maximum atomic E-state index is 11.9. The molecule has 0 saturated carbocycles. The Morgan fingerprint density at radius 2 is 1.15 bits per heavy atom. The van der Waals surface area contributed by atoms with Crippen molar-refractivity contribution in [3.05, 3.63) is 89.5 Å². The van der Waals surface area contributed by atoms with Crippen LogP contribution in [0.25, 0.3) is 11.0 Å². The van der Waals surface area contributed by atoms with E-state index in [0.29, 0.717) is 54.5 Å². The molecule has 13 heteroatoms. The zero-order valence-electron chi connectivity index (χ0n) is 27.5. The highest BCUT2D eigenvalue weighted by Crippen LogP contribution is 2.17. The molecule has 2 amide bonds. The average Bonchev–Trinajstić information content (AvgIpc) is 3.30. The van der Waals surface area contributed by atoms with E-state index in [-0.39, 0.29) is 11.7 Å². The maximum Gasteiger partial charge on any atom is 0.413 e. The summed E-state index contributed by atoms with van der Waals surface area (Å²) in [4.78, 5) is 22.7. The molecule has 0 radical (unpaired) electrons. The van der Waals surface area contributed by atoms with Gasteiger partial charge < -0.3 is 28.5 Å². The first-order chi connectivity index (χ1) is 22.9. The Morgan fingerprint density at radius 1 is 0.708 bits per heavy atom. The van der Waals surface area contributed by atoms with E-state index >= 15 is 0 Å². The van der Waals surface area contributed by atoms with Gasteiger partial charge in [0.2, 0.25) is 5.62 Å². The number of imidazole rings is 1. The van der Waals surface area contributed by atoms with Crippen molar-refractivity contribution < 1.29 is 28.9 Å². The fourth-order valence-electron chi connectivity index (χ4n) is 4.96. The number of hydrogen-bond acceptors (Lipinski definition) is 8. The van der Waals surface area contributed by atoms with Gasteiger partial charge in [0.15, 0.2) is 0 Å². The van der Waals surface area contributed by atoms with E-state index < -0.39 is 17.8 Å². The van der Waals surface area contributed by atoms with Crippen molar-refractivity contribution in [2.24, 2.45) is 0 Å². The highest BCUT2D eigenvalue weighted by molar-refractivity contribution is 6.05. The minimum Gasteiger partial charge on any atom is -0.494 e. The van der Waals surface area contributed by atoms with E-state index in [1.165, 1.54) is 0 Å². The Labute approximate surface area is 279 Å². The van der Waals surface area contributed by atoms with Gasteiger partial charge in [-0.05, 0) is 107 Å². The summed E-state index contributed by atoms with van der Waals surface area (Å²) in [6.45, 7) is 7.64. The highest BCUT2D eigenvalue weighted by atomic mass is 16.6. The molecule has 0 fully saturated rings. The molecule has 13 nitrogen and oxygen atoms in total. The summed E-state index contributed by atoms with van der Waals surface area (Å²) in [6.07, 6.45) is 1.26. The third-order valence-electron chi connectivity index (χ3n) is 7.21. The van der Waals surface area contributed by atoms with Gasteiger partial charge in [0.25, 0.3) is 0 Å². The summed E-state index contributed by atoms with van der Waals surface area (Å²) >= 11 is 0. The lowest BCUT2D eigenvalue weighted by molar-refractivity contribution is 0.0563. The summed E-state index contributed by atoms with van der Waals surface area (Å²) in [5.74, 6) is 1.07. The van der Waals surface area contributed by atoms with Gasteiger partial charge in [0.1, 0.15) is 28.8 Å². The summed E-state index contributed by atoms with van der Waals surface area (Å²) in [7, 11) is 0. The molecule has 0 aliphatic carbocycles. The summed E-state index contributed by atoms with van der Waals surface area (Å²) < 4.78 is 21.0. The van der Waals surface area contributed by atoms with Crippen LogP contribution in [0, 0.1) is 16.2 Å². The molecule has 0 unspecified atom stereocenters. The van der Waals surface area contributed by atoms with Gasteiger partial charge in [-0.3, -0.25) is 26.9 Å². The standard InChI is InChI=1S/C35H43N7O6/c1-35(2,3)48-34(45)40-31(37)25-14-18-27(19-15-25)47-23-9-7-21-42-29-11-5-4-10-28(29)41(32(42)38)20-6-8-22-46-26-16-12-24(13-17-26)30(36)39-33(43)44/h4-5,10-19,38H,6-9,20-23H2,1-3H3,(H2,36,39)(H,43,44)(H2,37,40,45). The molecule has 6 N–H and O–H groups in total. The van der Waals surface area contributed by atoms with Gasteiger partial charge >= 0.3 is 12.2 Å². The fourth-order valence-corrected chi connectivity index (χ4v) is 4.96. The van der Waals surface area contributed by atoms with Gasteiger partial charge in [-0.2, -0.15) is 0 Å². The van der Waals surface area contributed by atoms with Crippen LogP contribution >= 0.6 is 0 Å². The first kappa shape index (κ1) is 35.3. The number of benzene rings is 3. The lowest BCUT2D eigenvalue weighted by Gasteiger charge is -2.19. The van der Waals surface area contributed by atoms with E-state index in [0.717, 1.165) is 36.7 Å². The number of hydrogen-bond donors (Lipinski definition) is 6. The predicted octanol–water partition coefficient (Wildman–Crippen LogP) is 6.08. The monoisotopic (exact) mass is 657 g/mol. The molecule has 0 aliphatic heterocycles. The SMILES string of the molecule is CC(C)(C)OC(=O)NC(=N)c1ccc(OCCCCn2c(=N)n(CCCCOc3ccc(C(=N)NC(=O)O)cc3)c3ccccc32)cc1. The second kappa shape index (κ2) is 16.3. The molecule has 0 aliphatic rings. The number of unbranched alkanes of at least 4 members (excludes halogenated alkanes) is 2. The Hall–Kier alpha value is -5.59. The molecule has 0 saturated heterocycles. The molecule has 4 aromatic rings. The van der Waals surface area contributed by atoms with Crippen molar-refractivity contribution >= 4 is 34.9 Å². The molecule has 0 bridgehead atoms. The molecular formula is C35H43N7O6. The number of amidine groups is 2. The van der Waals surface area contributed by atoms with Crippen LogP contribution in [-0.2, 0) is 17.8 Å². The van der Waals surface area contributed by atoms with Gasteiger partial charge in [-0.15, -0.1) is 0 Å². The lowest BCUT2D eigenvalue weighted by atomic mass is 10.2. The van der Waals surface area contributed by atoms with Crippen molar-refractivity contribution in [3.8, 4) is 11.5 Å². The van der Waals surface area contributed by atoms with Crippen molar-refractivity contribution in [3.63, 3.8) is 0 Å². The summed E-state index contributed by atoms with van der Waals surface area (Å²) in [5.41, 5.74) is 2.82. The number of carbonyl (C=O) groups is 2. The number of nitrogens with zero attached hydrogens (tertiary/aromatic N) is 2. The fraction of sp³-hybridized carbons (Fsp3) is 0.343. The van der Waals surface area contributed by atoms with Crippen LogP contribution in [0.15, 0.2) is 72.8 Å². The van der Waals surface area contributed by atoms with Crippen LogP contribution in [0.3, 0.4) is 0 Å². The van der Waals surface area contributed by atoms with Crippen molar-refractivity contribution in [1.29, 1.82) is 16.2 Å². The number of aromatic nitrogens is 2. The lowest BCUT2D eigenvalue weighted by Crippen LogP contribution is -2.36. The zero-order valence-corrected chi connectivity index (χ0v) is 27.5. The van der Waals surface area contributed by atoms with E-state index in [1.54, 1.807) is 69.3 Å². The van der Waals surface area contributed by atoms with Crippen molar-refractivity contribution in [2.75, 3.05) is 13.2 Å². The number of aryl methyl sites for hydroxylation is 2. The number of carboxylic acid groups (broad SMARTS) is 1. The van der Waals surface area contributed by atoms with Crippen LogP contribution in [0.5, 0.6) is 11.5 Å². The van der Waals surface area contributed by atoms with Gasteiger partial charge in [-0.25, -0.2) is 9.59 Å². The predicted molar refractivity (Wildman–Crippen MR) is 182 cm³/mol. The molecule has 1 aromatic heterocycles. The minimum absolute atomic E-state index is 0.0498. The zero-order chi connectivity index (χ0) is 34.7. The Bertz CT molecular complexity index is 1790. The van der Waals surface area contributed by atoms with E-state index in [2.05, 4.69) is 5.32 Å². The molecule has 0 spiro atoms. The number of amides is 2. The van der Waals surface area contributed by atoms with Crippen molar-refractivity contribution in [1.82, 2.24) is 19.8 Å². The molecule has 254 valence electrons. The third-order valence-corrected chi connectivity index (χ3v) is 7.21. The Balaban J connectivity index is 1.21. The molecule has 0 atom stereocenters. The van der Waals surface area contributed by atoms with E-state index in [1.807, 2.05) is 38.7 Å². The second-order valence-corrected chi connectivity index (χ2v) is 12.1. The number of carbonyl (C=O) groups excluding carboxylic acids is 1. The van der Waals surface area contributed by atoms with Crippen LogP contribution in [0.2, 0.25) is 0 Å². The first-order valence-electron chi connectivity index (χ1n) is 15.8. The normalized spacial score (nSPS) is 11.1. The van der Waals surface area contributed by atoms with Crippen LogP contribution in [-0.4, -0.2) is 56.9 Å². The maximum absolute atomic E-state index is 11.9. The van der Waals surface area contributed by atoms with Gasteiger partial charge in [-0.1, -0.05) is 12.1 Å². The number of nitrogens with one attached hydrogen (secondary N) is 5. The number of para-hydroxylation sites is 2. The van der Waals surface area contributed by atoms with E-state index in [9.17, 15) is 9.59 Å². The quantitative estimate of drug-likeness (QED) is 0.0541. The molecular weight excluding hydrogens is 614 g/mol. The summed E-state index contributed by atoms with van der Waals surface area (Å²) in [6, 6.07) is 21.7. The van der Waals surface area contributed by atoms with Crippen LogP contribution in [0.1, 0.15) is 57.6 Å². The first-order valence-corrected chi connectivity index (χ1v) is 15.8. The highest BCUT2D eigenvalue weighted by Gasteiger charge is 2.17. The topological polar surface area (TPSA) is 188 Å². The number of rotatable bonds is 14. The van der Waals surface area contributed by atoms with Gasteiger partial charge in [0.05, 0.1) is 24.2 Å². The van der Waals surface area contributed by atoms with Crippen LogP contribution in [0.4, 0.5) is 9.59 Å². The largest absolute Gasteiger partial charge is 0.494 e. The minimum atomic E-state index is -1.28. The second-order valence-electron chi connectivity index (χ2n) is 12.1. The molecule has 3 aromatic carbocycles. The van der Waals surface area contributed by atoms with Crippen LogP contribution < -0.4 is 25.7 Å². The van der Waals surface area contributed by atoms with Crippen molar-refractivity contribution in [2.45, 2.75) is 65.1 Å². The average molecular weight is 658 g/mol. The summed E-state index contributed by atoms with van der Waals surface area (Å²) in [5, 5.41) is 38.0. The smallest absolute Gasteiger partial charge is 0.413 e. The van der Waals surface area contributed by atoms with Gasteiger partial charge in [0, 0.05) is 24.2 Å². The number of fused-ring (bicyclic) bond motifs is 1. The molecule has 48 heavy (non-hydrogen) atoms. The molecule has 1 heterocycles. The van der Waals surface area contributed by atoms with E-state index in [4.69, 9.17) is 35.5 Å². The Kier molecular flexibility index (Phi) is 12.0. The number of ether oxygens (including phenoxy) is 3. The molecule has 4 rings (SSSR count).